The lowest BCUT2D eigenvalue weighted by Crippen LogP contribution is -2.67. The third kappa shape index (κ3) is 4.87. The Hall–Kier alpha value is -3.95. The van der Waals surface area contributed by atoms with Crippen LogP contribution >= 0.6 is 0 Å². The van der Waals surface area contributed by atoms with Gasteiger partial charge in [0.05, 0.1) is 34.5 Å². The molecule has 0 bridgehead atoms. The van der Waals surface area contributed by atoms with Gasteiger partial charge in [-0.05, 0) is 54.8 Å². The Morgan fingerprint density at radius 2 is 1.46 bits per heavy atom. The highest BCUT2D eigenvalue weighted by molar-refractivity contribution is 6.05. The molecule has 2 aliphatic rings. The summed E-state index contributed by atoms with van der Waals surface area (Å²) in [6.45, 7) is 3.60. The molecule has 4 rings (SSSR count). The number of fused-ring (bicyclic) bond motifs is 2. The molecule has 0 aromatic heterocycles. The lowest BCUT2D eigenvalue weighted by atomic mass is 9.88. The molecule has 2 aromatic rings. The summed E-state index contributed by atoms with van der Waals surface area (Å²) >= 11 is 0. The van der Waals surface area contributed by atoms with E-state index < -0.39 is 30.2 Å². The zero-order valence-corrected chi connectivity index (χ0v) is 21.9. The minimum atomic E-state index is -1.07. The van der Waals surface area contributed by atoms with Crippen molar-refractivity contribution in [3.05, 3.63) is 47.0 Å². The number of nitrogens with zero attached hydrogens (tertiary/aromatic N) is 2. The van der Waals surface area contributed by atoms with E-state index in [-0.39, 0.29) is 25.3 Å². The number of methoxy groups -OCH3 is 4. The lowest BCUT2D eigenvalue weighted by Gasteiger charge is -2.46. The van der Waals surface area contributed by atoms with Crippen molar-refractivity contribution in [2.24, 2.45) is 0 Å². The van der Waals surface area contributed by atoms with Crippen molar-refractivity contribution in [3.8, 4) is 23.0 Å². The molecule has 2 atom stereocenters. The highest BCUT2D eigenvalue weighted by atomic mass is 16.6. The second kappa shape index (κ2) is 10.6. The van der Waals surface area contributed by atoms with Crippen LogP contribution in [-0.2, 0) is 33.7 Å². The van der Waals surface area contributed by atoms with Gasteiger partial charge in [-0.3, -0.25) is 9.59 Å². The van der Waals surface area contributed by atoms with Gasteiger partial charge < -0.3 is 28.6 Å². The number of hydrogen-bond acceptors (Lipinski definition) is 8. The van der Waals surface area contributed by atoms with E-state index in [4.69, 9.17) is 23.7 Å². The summed E-state index contributed by atoms with van der Waals surface area (Å²) in [4.78, 5) is 43.3. The van der Waals surface area contributed by atoms with Crippen LogP contribution in [0.15, 0.2) is 30.3 Å². The Morgan fingerprint density at radius 3 is 2.05 bits per heavy atom. The van der Waals surface area contributed by atoms with E-state index in [9.17, 15) is 14.4 Å². The lowest BCUT2D eigenvalue weighted by molar-refractivity contribution is -0.161. The van der Waals surface area contributed by atoms with E-state index in [2.05, 4.69) is 0 Å². The molecule has 0 spiro atoms. The van der Waals surface area contributed by atoms with Crippen molar-refractivity contribution in [2.75, 3.05) is 28.4 Å². The van der Waals surface area contributed by atoms with Crippen molar-refractivity contribution in [1.82, 2.24) is 9.80 Å². The van der Waals surface area contributed by atoms with Crippen LogP contribution in [-0.4, -0.2) is 74.3 Å². The first-order chi connectivity index (χ1) is 17.7. The van der Waals surface area contributed by atoms with Gasteiger partial charge >= 0.3 is 6.09 Å². The molecular formula is C27H32N2O8. The number of imide groups is 1. The molecule has 0 saturated carbocycles. The SMILES string of the molecule is COc1ccc(C[C@H]2C(=O)N3Cc4cc(OC)c(OC)cc4C[C@H]3C(=O)N2C(=O)OC(C)C)cc1OC. The van der Waals surface area contributed by atoms with Gasteiger partial charge in [-0.2, -0.15) is 0 Å². The maximum absolute atomic E-state index is 13.9. The van der Waals surface area contributed by atoms with E-state index >= 15 is 0 Å². The Labute approximate surface area is 216 Å². The number of benzene rings is 2. The zero-order valence-electron chi connectivity index (χ0n) is 21.9. The van der Waals surface area contributed by atoms with Gasteiger partial charge in [-0.25, -0.2) is 9.69 Å². The Morgan fingerprint density at radius 1 is 0.865 bits per heavy atom. The predicted molar refractivity (Wildman–Crippen MR) is 133 cm³/mol. The number of carbonyl (C=O) groups is 3. The molecule has 3 amide bonds. The summed E-state index contributed by atoms with van der Waals surface area (Å²) < 4.78 is 26.9. The molecule has 2 aromatic carbocycles. The van der Waals surface area contributed by atoms with Crippen molar-refractivity contribution < 1.29 is 38.1 Å². The van der Waals surface area contributed by atoms with E-state index in [0.717, 1.165) is 16.0 Å². The fourth-order valence-electron chi connectivity index (χ4n) is 4.87. The minimum Gasteiger partial charge on any atom is -0.493 e. The first-order valence-electron chi connectivity index (χ1n) is 12.0. The third-order valence-corrected chi connectivity index (χ3v) is 6.65. The average molecular weight is 513 g/mol. The molecule has 0 aliphatic carbocycles. The standard InChI is InChI=1S/C27H32N2O8/c1-15(2)37-27(32)29-20(9-16-7-8-21(33-3)22(10-16)34-4)25(30)28-14-18-13-24(36-6)23(35-5)12-17(18)11-19(28)26(29)31/h7-8,10,12-13,15,19-20H,9,11,14H2,1-6H3/t19-,20-/m0/s1. The largest absolute Gasteiger partial charge is 0.493 e. The monoisotopic (exact) mass is 512 g/mol. The van der Waals surface area contributed by atoms with E-state index in [1.54, 1.807) is 44.1 Å². The molecule has 0 N–H and O–H groups in total. The van der Waals surface area contributed by atoms with Crippen LogP contribution in [0.3, 0.4) is 0 Å². The molecule has 37 heavy (non-hydrogen) atoms. The Bertz CT molecular complexity index is 1210. The molecule has 0 unspecified atom stereocenters. The summed E-state index contributed by atoms with van der Waals surface area (Å²) in [5, 5.41) is 0. The summed E-state index contributed by atoms with van der Waals surface area (Å²) in [6, 6.07) is 6.96. The van der Waals surface area contributed by atoms with Gasteiger partial charge in [0.2, 0.25) is 5.91 Å². The molecular weight excluding hydrogens is 480 g/mol. The summed E-state index contributed by atoms with van der Waals surface area (Å²) in [5.41, 5.74) is 2.42. The maximum atomic E-state index is 13.9. The summed E-state index contributed by atoms with van der Waals surface area (Å²) in [7, 11) is 6.13. The predicted octanol–water partition coefficient (Wildman–Crippen LogP) is 2.97. The van der Waals surface area contributed by atoms with E-state index in [0.29, 0.717) is 28.6 Å². The van der Waals surface area contributed by atoms with Crippen LogP contribution in [0.25, 0.3) is 0 Å². The van der Waals surface area contributed by atoms with Gasteiger partial charge in [0.15, 0.2) is 23.0 Å². The van der Waals surface area contributed by atoms with Gasteiger partial charge in [0.25, 0.3) is 5.91 Å². The number of amides is 3. The van der Waals surface area contributed by atoms with Crippen molar-refractivity contribution >= 4 is 17.9 Å². The Balaban J connectivity index is 1.73. The first-order valence-corrected chi connectivity index (χ1v) is 12.0. The quantitative estimate of drug-likeness (QED) is 0.558. The molecule has 1 fully saturated rings. The van der Waals surface area contributed by atoms with Crippen LogP contribution in [0.5, 0.6) is 23.0 Å². The van der Waals surface area contributed by atoms with Crippen LogP contribution in [0.1, 0.15) is 30.5 Å². The van der Waals surface area contributed by atoms with E-state index in [1.807, 2.05) is 12.1 Å². The van der Waals surface area contributed by atoms with Crippen molar-refractivity contribution in [2.45, 2.75) is 51.4 Å². The van der Waals surface area contributed by atoms with Gasteiger partial charge in [-0.1, -0.05) is 6.07 Å². The molecule has 198 valence electrons. The fraction of sp³-hybridized carbons (Fsp3) is 0.444. The smallest absolute Gasteiger partial charge is 0.417 e. The number of carbonyl (C=O) groups excluding carboxylic acids is 3. The zero-order chi connectivity index (χ0) is 26.9. The number of piperazine rings is 1. The second-order valence-corrected chi connectivity index (χ2v) is 9.21. The molecule has 2 heterocycles. The summed E-state index contributed by atoms with van der Waals surface area (Å²) in [5.74, 6) is 1.28. The average Bonchev–Trinajstić information content (AvgIpc) is 2.89. The van der Waals surface area contributed by atoms with E-state index in [1.165, 1.54) is 21.3 Å². The van der Waals surface area contributed by atoms with Crippen LogP contribution in [0.4, 0.5) is 4.79 Å². The number of rotatable bonds is 7. The highest BCUT2D eigenvalue weighted by Crippen LogP contribution is 2.37. The fourth-order valence-corrected chi connectivity index (χ4v) is 4.87. The number of hydrogen-bond donors (Lipinski definition) is 0. The molecule has 10 nitrogen and oxygen atoms in total. The summed E-state index contributed by atoms with van der Waals surface area (Å²) in [6.07, 6.45) is -0.954. The molecule has 2 aliphatic heterocycles. The second-order valence-electron chi connectivity index (χ2n) is 9.21. The Kier molecular flexibility index (Phi) is 7.47. The normalized spacial score (nSPS) is 18.8. The van der Waals surface area contributed by atoms with Crippen LogP contribution in [0, 0.1) is 0 Å². The van der Waals surface area contributed by atoms with Gasteiger partial charge in [-0.15, -0.1) is 0 Å². The topological polar surface area (TPSA) is 104 Å². The van der Waals surface area contributed by atoms with Gasteiger partial charge in [0, 0.05) is 19.4 Å². The van der Waals surface area contributed by atoms with Gasteiger partial charge in [0.1, 0.15) is 12.1 Å². The maximum Gasteiger partial charge on any atom is 0.417 e. The number of ether oxygens (including phenoxy) is 5. The van der Waals surface area contributed by atoms with Crippen molar-refractivity contribution in [1.29, 1.82) is 0 Å². The van der Waals surface area contributed by atoms with Crippen molar-refractivity contribution in [3.63, 3.8) is 0 Å². The highest BCUT2D eigenvalue weighted by Gasteiger charge is 2.51. The van der Waals surface area contributed by atoms with Crippen LogP contribution in [0.2, 0.25) is 0 Å². The van der Waals surface area contributed by atoms with Crippen LogP contribution < -0.4 is 18.9 Å². The third-order valence-electron chi connectivity index (χ3n) is 6.65. The molecule has 10 heteroatoms. The molecule has 0 radical (unpaired) electrons. The first kappa shape index (κ1) is 26.1. The molecule has 1 saturated heterocycles. The minimum absolute atomic E-state index is 0.0974.